The topological polar surface area (TPSA) is 66.9 Å². The van der Waals surface area contributed by atoms with E-state index >= 15 is 0 Å². The van der Waals surface area contributed by atoms with E-state index in [0.717, 1.165) is 21.6 Å². The molecule has 2 fully saturated rings. The lowest BCUT2D eigenvalue weighted by Crippen LogP contribution is -2.56. The molecule has 130 valence electrons. The third kappa shape index (κ3) is 1.75. The Kier molecular flexibility index (Phi) is 3.22. The third-order valence-electron chi connectivity index (χ3n) is 6.07. The summed E-state index contributed by atoms with van der Waals surface area (Å²) in [5, 5.41) is 0. The van der Waals surface area contributed by atoms with Crippen LogP contribution in [0, 0.1) is 11.8 Å². The molecule has 3 heterocycles. The number of benzene rings is 1. The largest absolute Gasteiger partial charge is 0.468 e. The van der Waals surface area contributed by atoms with Gasteiger partial charge >= 0.3 is 5.97 Å². The highest BCUT2D eigenvalue weighted by molar-refractivity contribution is 6.09. The van der Waals surface area contributed by atoms with Crippen molar-refractivity contribution < 1.29 is 19.1 Å². The molecule has 4 atom stereocenters. The van der Waals surface area contributed by atoms with Crippen molar-refractivity contribution in [2.45, 2.75) is 18.5 Å². The van der Waals surface area contributed by atoms with Crippen molar-refractivity contribution in [2.24, 2.45) is 11.8 Å². The Balaban J connectivity index is 1.97. The van der Waals surface area contributed by atoms with Crippen molar-refractivity contribution in [2.75, 3.05) is 20.7 Å². The van der Waals surface area contributed by atoms with Crippen LogP contribution in [-0.2, 0) is 19.1 Å². The van der Waals surface area contributed by atoms with Crippen LogP contribution in [0.25, 0.3) is 5.57 Å². The van der Waals surface area contributed by atoms with Gasteiger partial charge in [0.25, 0.3) is 0 Å². The number of esters is 1. The number of amides is 2. The number of imide groups is 1. The fourth-order valence-corrected chi connectivity index (χ4v) is 4.85. The number of carbonyl (C=O) groups excluding carboxylic acids is 3. The minimum atomic E-state index is -1.20. The molecule has 6 heteroatoms. The molecule has 1 aromatic rings. The van der Waals surface area contributed by atoms with Crippen LogP contribution in [0.5, 0.6) is 0 Å². The summed E-state index contributed by atoms with van der Waals surface area (Å²) in [5.74, 6) is -2.38. The summed E-state index contributed by atoms with van der Waals surface area (Å²) < 4.78 is 5.04. The summed E-state index contributed by atoms with van der Waals surface area (Å²) in [5.41, 5.74) is 1.61. The number of hydrogen-bond donors (Lipinski definition) is 0. The molecule has 2 amide bonds. The van der Waals surface area contributed by atoms with Crippen LogP contribution in [0.2, 0.25) is 0 Å². The van der Waals surface area contributed by atoms with Crippen LogP contribution in [0.3, 0.4) is 0 Å². The number of rotatable bonds is 1. The van der Waals surface area contributed by atoms with Crippen LogP contribution in [0.15, 0.2) is 30.8 Å². The van der Waals surface area contributed by atoms with Gasteiger partial charge in [0.1, 0.15) is 5.54 Å². The van der Waals surface area contributed by atoms with E-state index in [1.165, 1.54) is 14.2 Å². The first-order valence-corrected chi connectivity index (χ1v) is 8.27. The monoisotopic (exact) mass is 340 g/mol. The molecule has 2 saturated heterocycles. The first-order valence-electron chi connectivity index (χ1n) is 8.27. The number of likely N-dealkylation sites (tertiary alicyclic amines) is 1. The Morgan fingerprint density at radius 2 is 1.96 bits per heavy atom. The van der Waals surface area contributed by atoms with E-state index < -0.39 is 23.3 Å². The van der Waals surface area contributed by atoms with E-state index in [1.54, 1.807) is 6.92 Å². The first-order chi connectivity index (χ1) is 11.8. The van der Waals surface area contributed by atoms with Crippen LogP contribution in [0.4, 0.5) is 0 Å². The van der Waals surface area contributed by atoms with Gasteiger partial charge < -0.3 is 4.74 Å². The summed E-state index contributed by atoms with van der Waals surface area (Å²) in [6, 6.07) is 7.43. The lowest BCUT2D eigenvalue weighted by atomic mass is 9.80. The Bertz CT molecular complexity index is 832. The van der Waals surface area contributed by atoms with Crippen molar-refractivity contribution in [3.8, 4) is 0 Å². The molecule has 0 unspecified atom stereocenters. The predicted molar refractivity (Wildman–Crippen MR) is 90.1 cm³/mol. The second-order valence-electron chi connectivity index (χ2n) is 7.14. The average Bonchev–Trinajstić information content (AvgIpc) is 3.01. The van der Waals surface area contributed by atoms with E-state index in [0.29, 0.717) is 6.54 Å². The summed E-state index contributed by atoms with van der Waals surface area (Å²) in [7, 11) is 2.80. The molecule has 4 rings (SSSR count). The van der Waals surface area contributed by atoms with Gasteiger partial charge in [0.2, 0.25) is 11.8 Å². The molecule has 0 radical (unpaired) electrons. The fraction of sp³-hybridized carbons (Fsp3) is 0.421. The Labute approximate surface area is 146 Å². The molecular formula is C19H20N2O4. The molecular weight excluding hydrogens is 320 g/mol. The van der Waals surface area contributed by atoms with E-state index in [-0.39, 0.29) is 17.9 Å². The Hall–Kier alpha value is -2.47. The van der Waals surface area contributed by atoms with E-state index in [9.17, 15) is 14.4 Å². The molecule has 1 aromatic carbocycles. The SMILES string of the molecule is C=C1CN2[C@H](c3ccccc31)[C@@H]1C(=O)N(C)C(=O)[C@@H]1[C@]2(C)C(=O)OC. The van der Waals surface area contributed by atoms with Gasteiger partial charge in [-0.2, -0.15) is 0 Å². The predicted octanol–water partition coefficient (Wildman–Crippen LogP) is 1.23. The van der Waals surface area contributed by atoms with Crippen LogP contribution >= 0.6 is 0 Å². The number of methoxy groups -OCH3 is 1. The standard InChI is InChI=1S/C19H20N2O4/c1-10-9-21-15(12-8-6-5-7-11(10)12)13-14(17(23)20(3)16(13)22)19(21,2)18(24)25-4/h5-8,13-15H,1,9H2,2-4H3/t13-,14-,15-,19-/m1/s1. The molecule has 25 heavy (non-hydrogen) atoms. The maximum absolute atomic E-state index is 12.8. The minimum Gasteiger partial charge on any atom is -0.468 e. The molecule has 3 aliphatic heterocycles. The lowest BCUT2D eigenvalue weighted by molar-refractivity contribution is -0.159. The molecule has 0 saturated carbocycles. The van der Waals surface area contributed by atoms with Gasteiger partial charge in [-0.25, -0.2) is 0 Å². The quantitative estimate of drug-likeness (QED) is 0.568. The molecule has 0 N–H and O–H groups in total. The normalized spacial score (nSPS) is 34.0. The summed E-state index contributed by atoms with van der Waals surface area (Å²) in [6.07, 6.45) is 0. The lowest BCUT2D eigenvalue weighted by Gasteiger charge is -2.42. The van der Waals surface area contributed by atoms with Gasteiger partial charge in [0.05, 0.1) is 18.9 Å². The third-order valence-corrected chi connectivity index (χ3v) is 6.07. The van der Waals surface area contributed by atoms with Gasteiger partial charge in [-0.05, 0) is 23.6 Å². The summed E-state index contributed by atoms with van der Waals surface area (Å²) in [6.45, 7) is 6.27. The number of ether oxygens (including phenoxy) is 1. The zero-order chi connectivity index (χ0) is 18.1. The van der Waals surface area contributed by atoms with Crippen molar-refractivity contribution >= 4 is 23.4 Å². The molecule has 0 bridgehead atoms. The second kappa shape index (κ2) is 5.02. The maximum atomic E-state index is 12.8. The highest BCUT2D eigenvalue weighted by Gasteiger charge is 2.70. The number of hydrogen-bond acceptors (Lipinski definition) is 5. The highest BCUT2D eigenvalue weighted by Crippen LogP contribution is 2.57. The number of carbonyl (C=O) groups is 3. The molecule has 3 aliphatic rings. The highest BCUT2D eigenvalue weighted by atomic mass is 16.5. The molecule has 0 aliphatic carbocycles. The zero-order valence-corrected chi connectivity index (χ0v) is 14.5. The number of fused-ring (bicyclic) bond motifs is 5. The maximum Gasteiger partial charge on any atom is 0.326 e. The summed E-state index contributed by atoms with van der Waals surface area (Å²) in [4.78, 5) is 41.5. The molecule has 6 nitrogen and oxygen atoms in total. The van der Waals surface area contributed by atoms with Gasteiger partial charge in [-0.15, -0.1) is 0 Å². The fourth-order valence-electron chi connectivity index (χ4n) is 4.85. The Morgan fingerprint density at radius 3 is 2.64 bits per heavy atom. The summed E-state index contributed by atoms with van der Waals surface area (Å²) >= 11 is 0. The molecule has 0 spiro atoms. The van der Waals surface area contributed by atoms with Crippen molar-refractivity contribution in [1.82, 2.24) is 9.80 Å². The van der Waals surface area contributed by atoms with E-state index in [2.05, 4.69) is 6.58 Å². The van der Waals surface area contributed by atoms with Crippen molar-refractivity contribution in [1.29, 1.82) is 0 Å². The van der Waals surface area contributed by atoms with Crippen molar-refractivity contribution in [3.63, 3.8) is 0 Å². The second-order valence-corrected chi connectivity index (χ2v) is 7.14. The van der Waals surface area contributed by atoms with Gasteiger partial charge in [-0.1, -0.05) is 30.8 Å². The van der Waals surface area contributed by atoms with Crippen LogP contribution < -0.4 is 0 Å². The van der Waals surface area contributed by atoms with Gasteiger partial charge in [0, 0.05) is 19.6 Å². The van der Waals surface area contributed by atoms with Crippen LogP contribution in [0.1, 0.15) is 24.1 Å². The average molecular weight is 340 g/mol. The van der Waals surface area contributed by atoms with Gasteiger partial charge in [-0.3, -0.25) is 24.2 Å². The smallest absolute Gasteiger partial charge is 0.326 e. The molecule has 0 aromatic heterocycles. The van der Waals surface area contributed by atoms with Gasteiger partial charge in [0.15, 0.2) is 0 Å². The van der Waals surface area contributed by atoms with E-state index in [1.807, 2.05) is 29.2 Å². The van der Waals surface area contributed by atoms with Crippen LogP contribution in [-0.4, -0.2) is 53.8 Å². The minimum absolute atomic E-state index is 0.236. The van der Waals surface area contributed by atoms with E-state index in [4.69, 9.17) is 4.74 Å². The first kappa shape index (κ1) is 16.0. The Morgan fingerprint density at radius 1 is 1.28 bits per heavy atom. The van der Waals surface area contributed by atoms with Crippen molar-refractivity contribution in [3.05, 3.63) is 42.0 Å². The zero-order valence-electron chi connectivity index (χ0n) is 14.5. The number of nitrogens with zero attached hydrogens (tertiary/aromatic N) is 2.